The molecule has 0 fully saturated rings. The van der Waals surface area contributed by atoms with Crippen LogP contribution in [0.4, 0.5) is 0 Å². The maximum Gasteiger partial charge on any atom is 0.252 e. The summed E-state index contributed by atoms with van der Waals surface area (Å²) in [6.07, 6.45) is 16.1. The number of carbonyl (C=O) groups is 2. The van der Waals surface area contributed by atoms with E-state index in [0.29, 0.717) is 19.3 Å². The largest absolute Gasteiger partial charge is 0.387 e. The summed E-state index contributed by atoms with van der Waals surface area (Å²) >= 11 is 0. The number of primary amides is 2. The highest BCUT2D eigenvalue weighted by atomic mass is 16.4. The molecule has 0 aromatic rings. The van der Waals surface area contributed by atoms with E-state index in [4.69, 9.17) is 11.5 Å². The highest BCUT2D eigenvalue weighted by Crippen LogP contribution is 2.37. The molecule has 0 aromatic heterocycles. The van der Waals surface area contributed by atoms with Crippen LogP contribution >= 0.6 is 0 Å². The highest BCUT2D eigenvalue weighted by Gasteiger charge is 2.59. The predicted molar refractivity (Wildman–Crippen MR) is 153 cm³/mol. The van der Waals surface area contributed by atoms with E-state index in [-0.39, 0.29) is 12.8 Å². The summed E-state index contributed by atoms with van der Waals surface area (Å²) in [6.45, 7) is 4.39. The Hall–Kier alpha value is -1.22. The van der Waals surface area contributed by atoms with Gasteiger partial charge in [-0.15, -0.1) is 0 Å². The Bertz CT molecular complexity index is 620. The normalized spacial score (nSPS) is 16.5. The molecule has 38 heavy (non-hydrogen) atoms. The molecule has 0 aliphatic carbocycles. The van der Waals surface area contributed by atoms with Gasteiger partial charge in [0.15, 0.2) is 11.7 Å². The summed E-state index contributed by atoms with van der Waals surface area (Å²) in [5.41, 5.74) is 5.72. The molecular weight excluding hydrogens is 484 g/mol. The molecule has 226 valence electrons. The summed E-state index contributed by atoms with van der Waals surface area (Å²) < 4.78 is 0. The molecule has 0 aromatic carbocycles. The van der Waals surface area contributed by atoms with E-state index in [1.807, 2.05) is 0 Å². The minimum absolute atomic E-state index is 0.171. The zero-order valence-corrected chi connectivity index (χ0v) is 24.5. The van der Waals surface area contributed by atoms with Crippen LogP contribution < -0.4 is 11.5 Å². The number of hydrogen-bond acceptors (Lipinski definition) is 6. The molecule has 8 heteroatoms. The standard InChI is InChI=1S/C30H60N2O6/c1-3-5-7-9-11-13-15-17-19-21-23-29(37,26(34)25(33)27(31)35)30(38,28(32)36)24-22-20-18-16-14-12-10-8-6-4-2/h25-26,33-34,37-38H,3-24H2,1-2H3,(H2,31,35)(H2,32,36). The molecule has 0 saturated heterocycles. The summed E-state index contributed by atoms with van der Waals surface area (Å²) in [5, 5.41) is 43.7. The average molecular weight is 545 g/mol. The molecule has 8 nitrogen and oxygen atoms in total. The van der Waals surface area contributed by atoms with Crippen LogP contribution in [0.25, 0.3) is 0 Å². The van der Waals surface area contributed by atoms with Gasteiger partial charge in [-0.3, -0.25) is 9.59 Å². The average Bonchev–Trinajstić information content (AvgIpc) is 2.89. The van der Waals surface area contributed by atoms with Crippen molar-refractivity contribution in [3.8, 4) is 0 Å². The van der Waals surface area contributed by atoms with E-state index >= 15 is 0 Å². The molecule has 4 atom stereocenters. The van der Waals surface area contributed by atoms with Crippen molar-refractivity contribution in [2.24, 2.45) is 11.5 Å². The van der Waals surface area contributed by atoms with Crippen LogP contribution in [0, 0.1) is 0 Å². The summed E-state index contributed by atoms with van der Waals surface area (Å²) in [4.78, 5) is 24.0. The van der Waals surface area contributed by atoms with Crippen LogP contribution in [0.5, 0.6) is 0 Å². The lowest BCUT2D eigenvalue weighted by molar-refractivity contribution is -0.224. The van der Waals surface area contributed by atoms with Gasteiger partial charge < -0.3 is 31.9 Å². The minimum atomic E-state index is -2.50. The van der Waals surface area contributed by atoms with Crippen LogP contribution in [0.3, 0.4) is 0 Å². The quantitative estimate of drug-likeness (QED) is 0.0815. The van der Waals surface area contributed by atoms with E-state index in [2.05, 4.69) is 13.8 Å². The molecule has 0 saturated carbocycles. The van der Waals surface area contributed by atoms with Crippen molar-refractivity contribution in [1.82, 2.24) is 0 Å². The number of amides is 2. The van der Waals surface area contributed by atoms with E-state index in [0.717, 1.165) is 44.9 Å². The molecule has 4 unspecified atom stereocenters. The Kier molecular flexibility index (Phi) is 20.9. The number of hydrogen-bond donors (Lipinski definition) is 6. The van der Waals surface area contributed by atoms with Gasteiger partial charge in [-0.05, 0) is 19.3 Å². The van der Waals surface area contributed by atoms with Crippen LogP contribution in [-0.4, -0.2) is 55.7 Å². The van der Waals surface area contributed by atoms with Crippen molar-refractivity contribution in [2.75, 3.05) is 0 Å². The smallest absolute Gasteiger partial charge is 0.252 e. The van der Waals surface area contributed by atoms with Crippen molar-refractivity contribution in [3.63, 3.8) is 0 Å². The first-order valence-corrected chi connectivity index (χ1v) is 15.5. The zero-order chi connectivity index (χ0) is 28.9. The maximum atomic E-state index is 12.4. The number of aliphatic hydroxyl groups is 4. The van der Waals surface area contributed by atoms with Gasteiger partial charge in [0.25, 0.3) is 5.91 Å². The molecule has 0 rings (SSSR count). The van der Waals surface area contributed by atoms with Gasteiger partial charge in [-0.2, -0.15) is 0 Å². The summed E-state index contributed by atoms with van der Waals surface area (Å²) in [7, 11) is 0. The van der Waals surface area contributed by atoms with Gasteiger partial charge in [0, 0.05) is 0 Å². The lowest BCUT2D eigenvalue weighted by atomic mass is 9.70. The van der Waals surface area contributed by atoms with E-state index < -0.39 is 35.2 Å². The third kappa shape index (κ3) is 13.7. The third-order valence-electron chi connectivity index (χ3n) is 8.01. The Morgan fingerprint density at radius 2 is 0.895 bits per heavy atom. The molecule has 0 radical (unpaired) electrons. The minimum Gasteiger partial charge on any atom is -0.387 e. The monoisotopic (exact) mass is 544 g/mol. The number of carbonyl (C=O) groups excluding carboxylic acids is 2. The fourth-order valence-electron chi connectivity index (χ4n) is 5.32. The van der Waals surface area contributed by atoms with E-state index in [9.17, 15) is 30.0 Å². The maximum absolute atomic E-state index is 12.4. The van der Waals surface area contributed by atoms with Gasteiger partial charge in [-0.1, -0.05) is 136 Å². The molecule has 0 bridgehead atoms. The van der Waals surface area contributed by atoms with Crippen molar-refractivity contribution >= 4 is 11.8 Å². The zero-order valence-electron chi connectivity index (χ0n) is 24.5. The topological polar surface area (TPSA) is 167 Å². The lowest BCUT2D eigenvalue weighted by Gasteiger charge is -2.45. The lowest BCUT2D eigenvalue weighted by Crippen LogP contribution is -2.70. The highest BCUT2D eigenvalue weighted by molar-refractivity contribution is 5.85. The molecule has 0 aliphatic heterocycles. The van der Waals surface area contributed by atoms with Crippen molar-refractivity contribution in [2.45, 2.75) is 179 Å². The van der Waals surface area contributed by atoms with E-state index in [1.54, 1.807) is 0 Å². The SMILES string of the molecule is CCCCCCCCCCCCC(O)(C(N)=O)C(O)(CCCCCCCCCCCC)C(O)C(O)C(N)=O. The number of nitrogens with two attached hydrogens (primary N) is 2. The number of unbranched alkanes of at least 4 members (excludes halogenated alkanes) is 18. The Morgan fingerprint density at radius 1 is 0.579 bits per heavy atom. The van der Waals surface area contributed by atoms with Gasteiger partial charge in [0.2, 0.25) is 5.91 Å². The van der Waals surface area contributed by atoms with Gasteiger partial charge >= 0.3 is 0 Å². The van der Waals surface area contributed by atoms with Crippen LogP contribution in [-0.2, 0) is 9.59 Å². The van der Waals surface area contributed by atoms with Crippen LogP contribution in [0.1, 0.15) is 155 Å². The fraction of sp³-hybridized carbons (Fsp3) is 0.933. The Labute approximate surface area is 232 Å². The molecule has 0 spiro atoms. The van der Waals surface area contributed by atoms with Crippen molar-refractivity contribution in [1.29, 1.82) is 0 Å². The molecule has 2 amide bonds. The van der Waals surface area contributed by atoms with Crippen molar-refractivity contribution in [3.05, 3.63) is 0 Å². The van der Waals surface area contributed by atoms with Gasteiger partial charge in [0.05, 0.1) is 0 Å². The van der Waals surface area contributed by atoms with Gasteiger partial charge in [-0.25, -0.2) is 0 Å². The third-order valence-corrected chi connectivity index (χ3v) is 8.01. The molecule has 0 heterocycles. The Morgan fingerprint density at radius 3 is 1.21 bits per heavy atom. The molecule has 8 N–H and O–H groups in total. The van der Waals surface area contributed by atoms with Crippen LogP contribution in [0.2, 0.25) is 0 Å². The number of rotatable bonds is 27. The first-order valence-electron chi connectivity index (χ1n) is 15.5. The first-order chi connectivity index (χ1) is 18.1. The second-order valence-electron chi connectivity index (χ2n) is 11.3. The summed E-state index contributed by atoms with van der Waals surface area (Å²) in [5.74, 6) is -2.43. The second-order valence-corrected chi connectivity index (χ2v) is 11.3. The second kappa shape index (κ2) is 21.6. The predicted octanol–water partition coefficient (Wildman–Crippen LogP) is 4.76. The fourth-order valence-corrected chi connectivity index (χ4v) is 5.32. The first kappa shape index (κ1) is 36.8. The Balaban J connectivity index is 4.94. The number of aliphatic hydroxyl groups excluding tert-OH is 2. The molecule has 0 aliphatic rings. The molecular formula is C30H60N2O6. The van der Waals surface area contributed by atoms with E-state index in [1.165, 1.54) is 64.2 Å². The van der Waals surface area contributed by atoms with Crippen molar-refractivity contribution < 1.29 is 30.0 Å². The van der Waals surface area contributed by atoms with Gasteiger partial charge in [0.1, 0.15) is 11.7 Å². The van der Waals surface area contributed by atoms with Crippen LogP contribution in [0.15, 0.2) is 0 Å². The summed E-state index contributed by atoms with van der Waals surface area (Å²) in [6, 6.07) is 0.